The van der Waals surface area contributed by atoms with E-state index < -0.39 is 0 Å². The molecule has 1 atom stereocenters. The fourth-order valence-corrected chi connectivity index (χ4v) is 1.31. The van der Waals surface area contributed by atoms with Gasteiger partial charge < -0.3 is 15.8 Å². The normalized spacial score (nSPS) is 20.0. The average molecular weight is 179 g/mol. The predicted octanol–water partition coefficient (Wildman–Crippen LogP) is 1.17. The van der Waals surface area contributed by atoms with Gasteiger partial charge in [-0.05, 0) is 25.5 Å². The van der Waals surface area contributed by atoms with Gasteiger partial charge >= 0.3 is 0 Å². The Kier molecular flexibility index (Phi) is 1.76. The topological polar surface area (TPSA) is 60.2 Å². The number of hydrogen-bond donors (Lipinski definition) is 2. The molecule has 2 rings (SSSR count). The molecule has 1 aliphatic heterocycles. The number of nitrogen functional groups attached to an aromatic ring is 1. The molecule has 0 saturated carbocycles. The van der Waals surface area contributed by atoms with Crippen molar-refractivity contribution >= 4 is 11.5 Å². The van der Waals surface area contributed by atoms with E-state index >= 15 is 0 Å². The summed E-state index contributed by atoms with van der Waals surface area (Å²) >= 11 is 0. The highest BCUT2D eigenvalue weighted by Gasteiger charge is 2.17. The van der Waals surface area contributed by atoms with E-state index in [9.17, 15) is 0 Å². The van der Waals surface area contributed by atoms with Crippen LogP contribution < -0.4 is 15.8 Å². The van der Waals surface area contributed by atoms with Crippen molar-refractivity contribution in [2.45, 2.75) is 20.0 Å². The lowest BCUT2D eigenvalue weighted by Crippen LogP contribution is -2.28. The van der Waals surface area contributed by atoms with Crippen LogP contribution in [0.25, 0.3) is 0 Å². The fourth-order valence-electron chi connectivity index (χ4n) is 1.31. The van der Waals surface area contributed by atoms with Crippen molar-refractivity contribution < 1.29 is 4.74 Å². The van der Waals surface area contributed by atoms with Gasteiger partial charge in [-0.2, -0.15) is 4.98 Å². The number of aromatic nitrogens is 1. The molecule has 1 aromatic rings. The van der Waals surface area contributed by atoms with Crippen molar-refractivity contribution in [3.63, 3.8) is 0 Å². The molecule has 0 spiro atoms. The maximum atomic E-state index is 5.67. The summed E-state index contributed by atoms with van der Waals surface area (Å²) < 4.78 is 5.51. The molecule has 13 heavy (non-hydrogen) atoms. The molecule has 0 aromatic carbocycles. The maximum absolute atomic E-state index is 5.67. The minimum absolute atomic E-state index is 0.155. The van der Waals surface area contributed by atoms with Crippen molar-refractivity contribution in [2.24, 2.45) is 0 Å². The van der Waals surface area contributed by atoms with Gasteiger partial charge in [0.05, 0.1) is 12.2 Å². The zero-order valence-electron chi connectivity index (χ0n) is 7.79. The molecular weight excluding hydrogens is 166 g/mol. The molecule has 1 aliphatic rings. The van der Waals surface area contributed by atoms with Crippen LogP contribution >= 0.6 is 0 Å². The number of nitrogens with one attached hydrogen (secondary N) is 1. The van der Waals surface area contributed by atoms with E-state index in [1.54, 1.807) is 0 Å². The van der Waals surface area contributed by atoms with Crippen molar-refractivity contribution in [2.75, 3.05) is 17.6 Å². The summed E-state index contributed by atoms with van der Waals surface area (Å²) in [4.78, 5) is 4.16. The number of fused-ring (bicyclic) bond motifs is 1. The van der Waals surface area contributed by atoms with E-state index in [1.807, 2.05) is 19.9 Å². The van der Waals surface area contributed by atoms with Gasteiger partial charge in [0.2, 0.25) is 5.88 Å². The van der Waals surface area contributed by atoms with Crippen LogP contribution in [-0.4, -0.2) is 17.6 Å². The molecule has 70 valence electrons. The van der Waals surface area contributed by atoms with Crippen molar-refractivity contribution in [1.29, 1.82) is 0 Å². The average Bonchev–Trinajstić information content (AvgIpc) is 2.08. The molecule has 4 heteroatoms. The number of nitrogens with zero attached hydrogens (tertiary/aromatic N) is 1. The quantitative estimate of drug-likeness (QED) is 0.627. The van der Waals surface area contributed by atoms with Crippen LogP contribution in [0.1, 0.15) is 12.5 Å². The molecule has 1 aromatic heterocycles. The first-order valence-corrected chi connectivity index (χ1v) is 4.34. The van der Waals surface area contributed by atoms with Gasteiger partial charge in [-0.25, -0.2) is 0 Å². The summed E-state index contributed by atoms with van der Waals surface area (Å²) in [5, 5.41) is 3.24. The Morgan fingerprint density at radius 3 is 3.23 bits per heavy atom. The lowest BCUT2D eigenvalue weighted by atomic mass is 10.2. The smallest absolute Gasteiger partial charge is 0.239 e. The van der Waals surface area contributed by atoms with E-state index in [2.05, 4.69) is 10.3 Å². The molecule has 0 fully saturated rings. The lowest BCUT2D eigenvalue weighted by Gasteiger charge is -2.24. The summed E-state index contributed by atoms with van der Waals surface area (Å²) in [6.45, 7) is 4.74. The van der Waals surface area contributed by atoms with E-state index in [0.29, 0.717) is 11.7 Å². The molecule has 0 radical (unpaired) electrons. The molecule has 3 N–H and O–H groups in total. The molecule has 0 aliphatic carbocycles. The molecular formula is C9H13N3O. The summed E-state index contributed by atoms with van der Waals surface area (Å²) in [6.07, 6.45) is 0.155. The minimum Gasteiger partial charge on any atom is -0.471 e. The van der Waals surface area contributed by atoms with Gasteiger partial charge in [0, 0.05) is 0 Å². The SMILES string of the molecule is Cc1cc2c(nc1N)OC(C)CN2. The van der Waals surface area contributed by atoms with Crippen LogP contribution in [0.15, 0.2) is 6.07 Å². The third-order valence-electron chi connectivity index (χ3n) is 2.11. The van der Waals surface area contributed by atoms with E-state index in [1.165, 1.54) is 0 Å². The number of pyridine rings is 1. The third kappa shape index (κ3) is 1.39. The highest BCUT2D eigenvalue weighted by Crippen LogP contribution is 2.29. The third-order valence-corrected chi connectivity index (χ3v) is 2.11. The van der Waals surface area contributed by atoms with Crippen molar-refractivity contribution in [3.05, 3.63) is 11.6 Å². The molecule has 0 bridgehead atoms. The number of anilines is 2. The first-order valence-electron chi connectivity index (χ1n) is 4.34. The Labute approximate surface area is 77.1 Å². The second-order valence-corrected chi connectivity index (χ2v) is 3.35. The summed E-state index contributed by atoms with van der Waals surface area (Å²) in [5.41, 5.74) is 7.58. The van der Waals surface area contributed by atoms with Crippen LogP contribution in [0.3, 0.4) is 0 Å². The fraction of sp³-hybridized carbons (Fsp3) is 0.444. The van der Waals surface area contributed by atoms with Gasteiger partial charge in [0.1, 0.15) is 11.9 Å². The molecule has 1 unspecified atom stereocenters. The number of rotatable bonds is 0. The second-order valence-electron chi connectivity index (χ2n) is 3.35. The van der Waals surface area contributed by atoms with Crippen LogP contribution in [0.4, 0.5) is 11.5 Å². The van der Waals surface area contributed by atoms with Crippen LogP contribution in [0, 0.1) is 6.92 Å². The Balaban J connectivity index is 2.43. The summed E-state index contributed by atoms with van der Waals surface area (Å²) in [7, 11) is 0. The predicted molar refractivity (Wildman–Crippen MR) is 52.0 cm³/mol. The molecule has 0 saturated heterocycles. The number of hydrogen-bond acceptors (Lipinski definition) is 4. The van der Waals surface area contributed by atoms with E-state index in [4.69, 9.17) is 10.5 Å². The Morgan fingerprint density at radius 2 is 2.46 bits per heavy atom. The second kappa shape index (κ2) is 2.80. The van der Waals surface area contributed by atoms with Gasteiger partial charge in [-0.3, -0.25) is 0 Å². The zero-order valence-corrected chi connectivity index (χ0v) is 7.79. The highest BCUT2D eigenvalue weighted by molar-refractivity contribution is 5.60. The molecule has 4 nitrogen and oxygen atoms in total. The van der Waals surface area contributed by atoms with E-state index in [0.717, 1.165) is 17.8 Å². The Hall–Kier alpha value is -1.45. The minimum atomic E-state index is 0.155. The summed E-state index contributed by atoms with van der Waals surface area (Å²) in [5.74, 6) is 1.15. The zero-order chi connectivity index (χ0) is 9.42. The van der Waals surface area contributed by atoms with Gasteiger partial charge in [0.25, 0.3) is 0 Å². The number of ether oxygens (including phenoxy) is 1. The van der Waals surface area contributed by atoms with E-state index in [-0.39, 0.29) is 6.10 Å². The standard InChI is InChI=1S/C9H13N3O/c1-5-3-7-9(12-8(5)10)13-6(2)4-11-7/h3,6,11H,4H2,1-2H3,(H2,10,12). The number of aryl methyl sites for hydroxylation is 1. The van der Waals surface area contributed by atoms with Gasteiger partial charge in [0.15, 0.2) is 0 Å². The maximum Gasteiger partial charge on any atom is 0.239 e. The monoisotopic (exact) mass is 179 g/mol. The first-order chi connectivity index (χ1) is 6.16. The Morgan fingerprint density at radius 1 is 1.69 bits per heavy atom. The van der Waals surface area contributed by atoms with Crippen molar-refractivity contribution in [1.82, 2.24) is 4.98 Å². The van der Waals surface area contributed by atoms with Crippen molar-refractivity contribution in [3.8, 4) is 5.88 Å². The summed E-state index contributed by atoms with van der Waals surface area (Å²) in [6, 6.07) is 1.96. The highest BCUT2D eigenvalue weighted by atomic mass is 16.5. The first kappa shape index (κ1) is 8.16. The molecule has 0 amide bonds. The lowest BCUT2D eigenvalue weighted by molar-refractivity contribution is 0.217. The largest absolute Gasteiger partial charge is 0.471 e. The van der Waals surface area contributed by atoms with Crippen LogP contribution in [-0.2, 0) is 0 Å². The van der Waals surface area contributed by atoms with Crippen LogP contribution in [0.5, 0.6) is 5.88 Å². The van der Waals surface area contributed by atoms with Crippen LogP contribution in [0.2, 0.25) is 0 Å². The van der Waals surface area contributed by atoms with Gasteiger partial charge in [-0.15, -0.1) is 0 Å². The molecule has 2 heterocycles. The Bertz CT molecular complexity index is 338. The van der Waals surface area contributed by atoms with Gasteiger partial charge in [-0.1, -0.05) is 0 Å². The number of nitrogens with two attached hydrogens (primary N) is 1.